The molecule has 29 heavy (non-hydrogen) atoms. The van der Waals surface area contributed by atoms with E-state index in [0.29, 0.717) is 52.9 Å². The lowest BCUT2D eigenvalue weighted by Gasteiger charge is -2.21. The SMILES string of the molecule is CCCOCCOCCOCC(C)OCC(C)OCC(C)OCC(C)OCCC. The van der Waals surface area contributed by atoms with Crippen LogP contribution >= 0.6 is 0 Å². The molecule has 0 rings (SSSR count). The Morgan fingerprint density at radius 2 is 0.793 bits per heavy atom. The van der Waals surface area contributed by atoms with Crippen LogP contribution in [0.5, 0.6) is 0 Å². The lowest BCUT2D eigenvalue weighted by Crippen LogP contribution is -2.28. The van der Waals surface area contributed by atoms with Crippen molar-refractivity contribution in [2.45, 2.75) is 78.8 Å². The minimum Gasteiger partial charge on any atom is -0.379 e. The average Bonchev–Trinajstić information content (AvgIpc) is 2.72. The molecule has 0 saturated heterocycles. The Kier molecular flexibility index (Phi) is 20.8. The van der Waals surface area contributed by atoms with Crippen LogP contribution < -0.4 is 0 Å². The summed E-state index contributed by atoms with van der Waals surface area (Å²) >= 11 is 0. The molecule has 0 saturated carbocycles. The van der Waals surface area contributed by atoms with Gasteiger partial charge in [0.1, 0.15) is 0 Å². The number of ether oxygens (including phenoxy) is 7. The quantitative estimate of drug-likeness (QED) is 0.248. The topological polar surface area (TPSA) is 64.6 Å². The third-order valence-electron chi connectivity index (χ3n) is 3.90. The highest BCUT2D eigenvalue weighted by atomic mass is 16.6. The summed E-state index contributed by atoms with van der Waals surface area (Å²) in [6.45, 7) is 18.3. The number of hydrogen-bond acceptors (Lipinski definition) is 7. The second kappa shape index (κ2) is 21.0. The first-order valence-electron chi connectivity index (χ1n) is 11.2. The van der Waals surface area contributed by atoms with Crippen LogP contribution in [0.3, 0.4) is 0 Å². The zero-order valence-corrected chi connectivity index (χ0v) is 19.7. The van der Waals surface area contributed by atoms with Crippen molar-refractivity contribution in [3.63, 3.8) is 0 Å². The maximum atomic E-state index is 5.80. The summed E-state index contributed by atoms with van der Waals surface area (Å²) in [4.78, 5) is 0. The minimum absolute atomic E-state index is 0.00344. The lowest BCUT2D eigenvalue weighted by molar-refractivity contribution is -0.0935. The average molecular weight is 423 g/mol. The summed E-state index contributed by atoms with van der Waals surface area (Å²) in [5.41, 5.74) is 0. The summed E-state index contributed by atoms with van der Waals surface area (Å²) < 4.78 is 39.3. The third-order valence-corrected chi connectivity index (χ3v) is 3.90. The minimum atomic E-state index is 0.00344. The molecule has 0 aromatic rings. The van der Waals surface area contributed by atoms with Gasteiger partial charge in [-0.1, -0.05) is 13.8 Å². The van der Waals surface area contributed by atoms with Gasteiger partial charge in [-0.15, -0.1) is 0 Å². The van der Waals surface area contributed by atoms with Gasteiger partial charge in [-0.3, -0.25) is 0 Å². The van der Waals surface area contributed by atoms with Gasteiger partial charge >= 0.3 is 0 Å². The van der Waals surface area contributed by atoms with Crippen LogP contribution in [0.2, 0.25) is 0 Å². The summed E-state index contributed by atoms with van der Waals surface area (Å²) in [6, 6.07) is 0. The van der Waals surface area contributed by atoms with E-state index in [1.165, 1.54) is 0 Å². The molecular weight excluding hydrogens is 376 g/mol. The van der Waals surface area contributed by atoms with E-state index in [0.717, 1.165) is 26.1 Å². The van der Waals surface area contributed by atoms with E-state index in [9.17, 15) is 0 Å². The molecule has 0 N–H and O–H groups in total. The van der Waals surface area contributed by atoms with Crippen LogP contribution in [0.15, 0.2) is 0 Å². The first-order chi connectivity index (χ1) is 14.0. The Labute approximate surface area is 178 Å². The predicted molar refractivity (Wildman–Crippen MR) is 115 cm³/mol. The molecule has 0 spiro atoms. The molecule has 0 amide bonds. The Balaban J connectivity index is 3.52. The maximum absolute atomic E-state index is 5.80. The highest BCUT2D eigenvalue weighted by molar-refractivity contribution is 4.56. The van der Waals surface area contributed by atoms with Gasteiger partial charge in [-0.2, -0.15) is 0 Å². The molecule has 4 unspecified atom stereocenters. The molecule has 0 aromatic carbocycles. The molecule has 176 valence electrons. The molecule has 0 radical (unpaired) electrons. The van der Waals surface area contributed by atoms with Crippen molar-refractivity contribution in [3.05, 3.63) is 0 Å². The van der Waals surface area contributed by atoms with Crippen LogP contribution in [0.1, 0.15) is 54.4 Å². The largest absolute Gasteiger partial charge is 0.379 e. The monoisotopic (exact) mass is 422 g/mol. The zero-order chi connectivity index (χ0) is 21.7. The molecule has 0 aliphatic heterocycles. The highest BCUT2D eigenvalue weighted by Gasteiger charge is 2.11. The highest BCUT2D eigenvalue weighted by Crippen LogP contribution is 2.02. The van der Waals surface area contributed by atoms with Gasteiger partial charge in [0, 0.05) is 13.2 Å². The Bertz CT molecular complexity index is 330. The van der Waals surface area contributed by atoms with Crippen molar-refractivity contribution in [2.75, 3.05) is 66.1 Å². The number of rotatable bonds is 22. The van der Waals surface area contributed by atoms with Crippen LogP contribution in [0.4, 0.5) is 0 Å². The molecule has 0 aromatic heterocycles. The van der Waals surface area contributed by atoms with Crippen LogP contribution in [-0.4, -0.2) is 90.5 Å². The number of hydrogen-bond donors (Lipinski definition) is 0. The van der Waals surface area contributed by atoms with Gasteiger partial charge in [0.15, 0.2) is 0 Å². The van der Waals surface area contributed by atoms with Gasteiger partial charge in [-0.05, 0) is 40.5 Å². The second-order valence-electron chi connectivity index (χ2n) is 7.41. The zero-order valence-electron chi connectivity index (χ0n) is 19.7. The lowest BCUT2D eigenvalue weighted by atomic mass is 10.3. The Morgan fingerprint density at radius 3 is 1.28 bits per heavy atom. The fourth-order valence-corrected chi connectivity index (χ4v) is 2.24. The molecule has 0 bridgehead atoms. The van der Waals surface area contributed by atoms with Gasteiger partial charge in [0.2, 0.25) is 0 Å². The second-order valence-corrected chi connectivity index (χ2v) is 7.41. The van der Waals surface area contributed by atoms with Crippen molar-refractivity contribution < 1.29 is 33.2 Å². The molecule has 4 atom stereocenters. The standard InChI is InChI=1S/C22H46O7/c1-7-9-23-11-12-24-13-14-25-15-19(3)27-17-21(5)29-18-22(6)28-16-20(4)26-10-8-2/h19-22H,7-18H2,1-6H3. The van der Waals surface area contributed by atoms with Gasteiger partial charge in [-0.25, -0.2) is 0 Å². The smallest absolute Gasteiger partial charge is 0.0781 e. The van der Waals surface area contributed by atoms with Gasteiger partial charge in [0.05, 0.1) is 77.3 Å². The van der Waals surface area contributed by atoms with Gasteiger partial charge < -0.3 is 33.2 Å². The van der Waals surface area contributed by atoms with Crippen LogP contribution in [0, 0.1) is 0 Å². The molecule has 0 aliphatic carbocycles. The third kappa shape index (κ3) is 20.8. The molecule has 0 fully saturated rings. The normalized spacial score (nSPS) is 15.9. The maximum Gasteiger partial charge on any atom is 0.0781 e. The van der Waals surface area contributed by atoms with E-state index in [1.54, 1.807) is 0 Å². The molecular formula is C22H46O7. The van der Waals surface area contributed by atoms with Crippen molar-refractivity contribution in [3.8, 4) is 0 Å². The molecule has 7 heteroatoms. The first-order valence-corrected chi connectivity index (χ1v) is 11.2. The molecule has 0 heterocycles. The summed E-state index contributed by atoms with van der Waals surface area (Å²) in [6.07, 6.45) is 2.21. The fourth-order valence-electron chi connectivity index (χ4n) is 2.24. The Morgan fingerprint density at radius 1 is 0.414 bits per heavy atom. The molecule has 0 aliphatic rings. The van der Waals surface area contributed by atoms with E-state index < -0.39 is 0 Å². The summed E-state index contributed by atoms with van der Waals surface area (Å²) in [7, 11) is 0. The van der Waals surface area contributed by atoms with E-state index >= 15 is 0 Å². The summed E-state index contributed by atoms with van der Waals surface area (Å²) in [5, 5.41) is 0. The van der Waals surface area contributed by atoms with E-state index in [4.69, 9.17) is 33.2 Å². The first kappa shape index (κ1) is 28.7. The van der Waals surface area contributed by atoms with E-state index in [-0.39, 0.29) is 24.4 Å². The molecule has 7 nitrogen and oxygen atoms in total. The predicted octanol–water partition coefficient (Wildman–Crippen LogP) is 3.48. The van der Waals surface area contributed by atoms with Crippen LogP contribution in [0.25, 0.3) is 0 Å². The van der Waals surface area contributed by atoms with E-state index in [1.807, 2.05) is 27.7 Å². The fraction of sp³-hybridized carbons (Fsp3) is 1.00. The van der Waals surface area contributed by atoms with E-state index in [2.05, 4.69) is 13.8 Å². The van der Waals surface area contributed by atoms with Crippen molar-refractivity contribution >= 4 is 0 Å². The van der Waals surface area contributed by atoms with Crippen molar-refractivity contribution in [2.24, 2.45) is 0 Å². The van der Waals surface area contributed by atoms with Gasteiger partial charge in [0.25, 0.3) is 0 Å². The summed E-state index contributed by atoms with van der Waals surface area (Å²) in [5.74, 6) is 0. The van der Waals surface area contributed by atoms with Crippen LogP contribution in [-0.2, 0) is 33.2 Å². The van der Waals surface area contributed by atoms with Crippen molar-refractivity contribution in [1.82, 2.24) is 0 Å². The van der Waals surface area contributed by atoms with Crippen molar-refractivity contribution in [1.29, 1.82) is 0 Å². The Hall–Kier alpha value is -0.280.